The molecule has 5 amide bonds. The van der Waals surface area contributed by atoms with Crippen molar-refractivity contribution in [2.75, 3.05) is 44.2 Å². The zero-order valence-corrected chi connectivity index (χ0v) is 37.2. The van der Waals surface area contributed by atoms with Crippen LogP contribution >= 0.6 is 11.3 Å². The maximum absolute atomic E-state index is 14.0. The van der Waals surface area contributed by atoms with Crippen molar-refractivity contribution in [3.63, 3.8) is 0 Å². The van der Waals surface area contributed by atoms with E-state index in [1.54, 1.807) is 28.4 Å². The first-order valence-electron chi connectivity index (χ1n) is 21.0. The molecule has 0 radical (unpaired) electrons. The quantitative estimate of drug-likeness (QED) is 0.146. The Morgan fingerprint density at radius 3 is 2.17 bits per heavy atom. The van der Waals surface area contributed by atoms with E-state index in [-0.39, 0.29) is 49.2 Å². The van der Waals surface area contributed by atoms with Crippen molar-refractivity contribution >= 4 is 46.7 Å². The van der Waals surface area contributed by atoms with Crippen LogP contribution in [-0.2, 0) is 19.1 Å². The summed E-state index contributed by atoms with van der Waals surface area (Å²) in [5.74, 6) is -1.21. The average Bonchev–Trinajstić information content (AvgIpc) is 3.82. The first-order chi connectivity index (χ1) is 28.3. The summed E-state index contributed by atoms with van der Waals surface area (Å²) in [6.45, 7) is 17.9. The molecule has 2 aliphatic rings. The van der Waals surface area contributed by atoms with Gasteiger partial charge in [0.1, 0.15) is 17.7 Å². The standard InChI is InChI=1S/C45H63N7O7S/c1-29(31-13-15-32(16-14-31)38-30(2)47-28-60-38)48-41(56)36-26-35(53)27-52(36)42(57)39(44(3,4)5)49-37(54)12-10-9-11-21-46-40(55)33-17-19-34(20-18-33)50-22-24-51(25-23-50)43(58)59-45(6,7)8/h13-20,28-29,35-36,39,53H,9-12,21-27H2,1-8H3,(H,46,55)(H,48,56)(H,49,54)/t29-,35+,36-,39+/m0/s1. The smallest absolute Gasteiger partial charge is 0.410 e. The van der Waals surface area contributed by atoms with Crippen LogP contribution in [0.2, 0.25) is 0 Å². The third-order valence-electron chi connectivity index (χ3n) is 10.9. The summed E-state index contributed by atoms with van der Waals surface area (Å²) < 4.78 is 5.49. The number of nitrogens with one attached hydrogen (secondary N) is 3. The topological polar surface area (TPSA) is 174 Å². The van der Waals surface area contributed by atoms with Crippen LogP contribution in [0.4, 0.5) is 10.5 Å². The fraction of sp³-hybridized carbons (Fsp3) is 0.556. The molecule has 0 spiro atoms. The van der Waals surface area contributed by atoms with E-state index < -0.39 is 35.1 Å². The summed E-state index contributed by atoms with van der Waals surface area (Å²) >= 11 is 1.58. The molecule has 14 nitrogen and oxygen atoms in total. The molecule has 3 aromatic rings. The number of hydrogen-bond acceptors (Lipinski definition) is 10. The number of unbranched alkanes of at least 4 members (excludes halogenated alkanes) is 2. The number of rotatable bonds is 14. The molecule has 3 heterocycles. The van der Waals surface area contributed by atoms with Crippen molar-refractivity contribution in [1.82, 2.24) is 30.7 Å². The van der Waals surface area contributed by atoms with Crippen LogP contribution < -0.4 is 20.9 Å². The second-order valence-electron chi connectivity index (χ2n) is 17.9. The van der Waals surface area contributed by atoms with E-state index in [1.807, 2.05) is 97.3 Å². The number of likely N-dealkylation sites (tertiary alicyclic amines) is 1. The Bertz CT molecular complexity index is 1950. The molecular formula is C45H63N7O7S. The van der Waals surface area contributed by atoms with Gasteiger partial charge in [-0.15, -0.1) is 11.3 Å². The SMILES string of the molecule is Cc1ncsc1-c1ccc([C@H](C)NC(=O)[C@@H]2C[C@@H](O)CN2C(=O)[C@@H](NC(=O)CCCCCNC(=O)c2ccc(N3CCN(C(=O)OC(C)(C)C)CC3)cc2)C(C)(C)C)cc1. The number of amides is 5. The molecule has 0 saturated carbocycles. The number of benzene rings is 2. The van der Waals surface area contributed by atoms with Crippen LogP contribution in [0.1, 0.15) is 108 Å². The minimum Gasteiger partial charge on any atom is -0.444 e. The zero-order chi connectivity index (χ0) is 43.8. The number of ether oxygens (including phenoxy) is 1. The van der Waals surface area contributed by atoms with Crippen molar-refractivity contribution < 1.29 is 33.8 Å². The predicted octanol–water partition coefficient (Wildman–Crippen LogP) is 5.84. The lowest BCUT2D eigenvalue weighted by molar-refractivity contribution is -0.144. The average molecular weight is 846 g/mol. The molecule has 0 bridgehead atoms. The highest BCUT2D eigenvalue weighted by atomic mass is 32.1. The molecule has 2 saturated heterocycles. The highest BCUT2D eigenvalue weighted by molar-refractivity contribution is 7.13. The molecule has 4 atom stereocenters. The van der Waals surface area contributed by atoms with E-state index in [1.165, 1.54) is 4.90 Å². The number of aliphatic hydroxyl groups is 1. The lowest BCUT2D eigenvalue weighted by atomic mass is 9.85. The molecule has 0 unspecified atom stereocenters. The van der Waals surface area contributed by atoms with Gasteiger partial charge in [0.25, 0.3) is 5.91 Å². The van der Waals surface area contributed by atoms with Gasteiger partial charge in [-0.3, -0.25) is 19.2 Å². The van der Waals surface area contributed by atoms with Gasteiger partial charge in [-0.1, -0.05) is 51.5 Å². The van der Waals surface area contributed by atoms with Crippen molar-refractivity contribution in [2.24, 2.45) is 5.41 Å². The molecule has 0 aliphatic carbocycles. The van der Waals surface area contributed by atoms with Crippen LogP contribution in [0.3, 0.4) is 0 Å². The van der Waals surface area contributed by atoms with E-state index in [9.17, 15) is 29.1 Å². The maximum atomic E-state index is 14.0. The fourth-order valence-corrected chi connectivity index (χ4v) is 8.25. The van der Waals surface area contributed by atoms with Crippen LogP contribution in [0, 0.1) is 12.3 Å². The minimum absolute atomic E-state index is 0.00119. The maximum Gasteiger partial charge on any atom is 0.410 e. The van der Waals surface area contributed by atoms with Crippen LogP contribution in [0.15, 0.2) is 54.0 Å². The summed E-state index contributed by atoms with van der Waals surface area (Å²) in [5.41, 5.74) is 5.08. The highest BCUT2D eigenvalue weighted by Crippen LogP contribution is 2.30. The Morgan fingerprint density at radius 1 is 0.900 bits per heavy atom. The Morgan fingerprint density at radius 2 is 1.57 bits per heavy atom. The zero-order valence-electron chi connectivity index (χ0n) is 36.4. The van der Waals surface area contributed by atoms with Gasteiger partial charge in [-0.25, -0.2) is 9.78 Å². The van der Waals surface area contributed by atoms with Crippen molar-refractivity contribution in [2.45, 2.75) is 117 Å². The number of thiazole rings is 1. The summed E-state index contributed by atoms with van der Waals surface area (Å²) in [5, 5.41) is 19.5. The van der Waals surface area contributed by atoms with Gasteiger partial charge in [0, 0.05) is 63.4 Å². The second kappa shape index (κ2) is 20.0. The van der Waals surface area contributed by atoms with Crippen LogP contribution in [-0.4, -0.2) is 113 Å². The first-order valence-corrected chi connectivity index (χ1v) is 21.9. The van der Waals surface area contributed by atoms with E-state index in [0.717, 1.165) is 27.4 Å². The summed E-state index contributed by atoms with van der Waals surface area (Å²) in [7, 11) is 0. The second-order valence-corrected chi connectivity index (χ2v) is 18.8. The summed E-state index contributed by atoms with van der Waals surface area (Å²) in [4.78, 5) is 76.8. The highest BCUT2D eigenvalue weighted by Gasteiger charge is 2.44. The summed E-state index contributed by atoms with van der Waals surface area (Å²) in [6, 6.07) is 13.3. The molecule has 60 heavy (non-hydrogen) atoms. The monoisotopic (exact) mass is 845 g/mol. The number of hydrogen-bond donors (Lipinski definition) is 4. The lowest BCUT2D eigenvalue weighted by Gasteiger charge is -2.36. The Labute approximate surface area is 358 Å². The van der Waals surface area contributed by atoms with Crippen molar-refractivity contribution in [3.8, 4) is 10.4 Å². The van der Waals surface area contributed by atoms with Gasteiger partial charge in [0.15, 0.2) is 0 Å². The molecule has 2 aliphatic heterocycles. The third-order valence-corrected chi connectivity index (χ3v) is 11.8. The van der Waals surface area contributed by atoms with Gasteiger partial charge >= 0.3 is 6.09 Å². The Balaban J connectivity index is 1.03. The number of β-amino-alcohol motifs (C(OH)–C–C–N with tert-alkyl or cyclic N) is 1. The number of aryl methyl sites for hydroxylation is 1. The molecule has 2 aromatic carbocycles. The number of aromatic nitrogens is 1. The van der Waals surface area contributed by atoms with Gasteiger partial charge in [-0.2, -0.15) is 0 Å². The number of nitrogens with zero attached hydrogens (tertiary/aromatic N) is 4. The Kier molecular flexibility index (Phi) is 15.4. The number of aliphatic hydroxyl groups excluding tert-OH is 1. The van der Waals surface area contributed by atoms with Gasteiger partial charge in [0.05, 0.1) is 28.2 Å². The predicted molar refractivity (Wildman–Crippen MR) is 234 cm³/mol. The molecular weight excluding hydrogens is 783 g/mol. The first kappa shape index (κ1) is 46.1. The Hall–Kier alpha value is -5.02. The molecule has 5 rings (SSSR count). The third kappa shape index (κ3) is 12.5. The summed E-state index contributed by atoms with van der Waals surface area (Å²) in [6.07, 6.45) is 1.09. The minimum atomic E-state index is -0.904. The fourth-order valence-electron chi connectivity index (χ4n) is 7.44. The van der Waals surface area contributed by atoms with E-state index in [0.29, 0.717) is 57.5 Å². The van der Waals surface area contributed by atoms with Crippen LogP contribution in [0.5, 0.6) is 0 Å². The van der Waals surface area contributed by atoms with E-state index in [2.05, 4.69) is 25.8 Å². The largest absolute Gasteiger partial charge is 0.444 e. The number of carbonyl (C=O) groups excluding carboxylic acids is 5. The molecule has 2 fully saturated rings. The molecule has 326 valence electrons. The lowest BCUT2D eigenvalue weighted by Crippen LogP contribution is -2.57. The molecule has 1 aromatic heterocycles. The van der Waals surface area contributed by atoms with Gasteiger partial charge < -0.3 is 40.5 Å². The normalized spacial score (nSPS) is 18.1. The van der Waals surface area contributed by atoms with E-state index >= 15 is 0 Å². The molecule has 4 N–H and O–H groups in total. The van der Waals surface area contributed by atoms with Gasteiger partial charge in [0.2, 0.25) is 17.7 Å². The number of carbonyl (C=O) groups is 5. The van der Waals surface area contributed by atoms with E-state index in [4.69, 9.17) is 4.74 Å². The van der Waals surface area contributed by atoms with Crippen molar-refractivity contribution in [3.05, 3.63) is 70.9 Å². The number of anilines is 1. The number of piperazine rings is 1. The van der Waals surface area contributed by atoms with Crippen molar-refractivity contribution in [1.29, 1.82) is 0 Å². The molecule has 15 heteroatoms. The van der Waals surface area contributed by atoms with Crippen LogP contribution in [0.25, 0.3) is 10.4 Å². The van der Waals surface area contributed by atoms with Gasteiger partial charge in [-0.05, 0) is 88.3 Å².